The predicted octanol–water partition coefficient (Wildman–Crippen LogP) is 0.957. The number of ether oxygens (including phenoxy) is 1. The summed E-state index contributed by atoms with van der Waals surface area (Å²) in [4.78, 5) is 21.4. The van der Waals surface area contributed by atoms with Crippen LogP contribution in [-0.4, -0.2) is 34.1 Å². The Balaban J connectivity index is 3.79. The molecule has 0 heterocycles. The van der Waals surface area contributed by atoms with Gasteiger partial charge in [-0.1, -0.05) is 13.3 Å². The minimum absolute atomic E-state index is 0.184. The number of hydrogen-bond acceptors (Lipinski definition) is 5. The Bertz CT molecular complexity index is 191. The molecule has 0 aromatic rings. The zero-order valence-corrected chi connectivity index (χ0v) is 10.4. The van der Waals surface area contributed by atoms with E-state index in [1.165, 1.54) is 13.8 Å². The van der Waals surface area contributed by atoms with Crippen LogP contribution in [0, 0.1) is 0 Å². The average molecular weight is 233 g/mol. The van der Waals surface area contributed by atoms with E-state index in [1.807, 2.05) is 6.92 Å². The van der Waals surface area contributed by atoms with E-state index in [4.69, 9.17) is 13.6 Å². The molecule has 0 spiro atoms. The molecule has 0 fully saturated rings. The maximum atomic E-state index is 10.7. The van der Waals surface area contributed by atoms with Crippen molar-refractivity contribution < 1.29 is 23.2 Å². The molecule has 0 atom stereocenters. The van der Waals surface area contributed by atoms with Crippen LogP contribution in [0.4, 0.5) is 0 Å². The van der Waals surface area contributed by atoms with E-state index in [0.717, 1.165) is 12.8 Å². The van der Waals surface area contributed by atoms with Gasteiger partial charge in [0.2, 0.25) is 0 Å². The third kappa shape index (κ3) is 9.42. The topological polar surface area (TPSA) is 61.8 Å². The summed E-state index contributed by atoms with van der Waals surface area (Å²) in [6, 6.07) is 0. The monoisotopic (exact) mass is 233 g/mol. The van der Waals surface area contributed by atoms with Crippen LogP contribution in [0.3, 0.4) is 0 Å². The van der Waals surface area contributed by atoms with E-state index in [2.05, 4.69) is 0 Å². The summed E-state index contributed by atoms with van der Waals surface area (Å²) >= 11 is 0. The molecule has 15 heavy (non-hydrogen) atoms. The zero-order valence-electron chi connectivity index (χ0n) is 9.37. The maximum Gasteiger partial charge on any atom is 0.564 e. The first-order valence-corrected chi connectivity index (χ1v) is 6.39. The standard InChI is InChI=1S/C9H17O5Si/c1-4-5-6-12-7-15(13-8(2)10)14-9(3)11/h4-7H2,1-3H3. The molecule has 0 rings (SSSR count). The SMILES string of the molecule is CCCCOC[Si](OC(C)=O)OC(C)=O. The molecule has 5 nitrogen and oxygen atoms in total. The molecule has 0 bridgehead atoms. The number of unbranched alkanes of at least 4 members (excludes halogenated alkanes) is 1. The minimum Gasteiger partial charge on any atom is -0.482 e. The molecular weight excluding hydrogens is 216 g/mol. The quantitative estimate of drug-likeness (QED) is 0.484. The van der Waals surface area contributed by atoms with Gasteiger partial charge in [0.25, 0.3) is 11.9 Å². The van der Waals surface area contributed by atoms with Gasteiger partial charge in [0.15, 0.2) is 0 Å². The number of carbonyl (C=O) groups is 2. The van der Waals surface area contributed by atoms with Crippen LogP contribution in [0.2, 0.25) is 0 Å². The molecule has 0 saturated carbocycles. The van der Waals surface area contributed by atoms with Gasteiger partial charge in [-0.2, -0.15) is 0 Å². The summed E-state index contributed by atoms with van der Waals surface area (Å²) in [5.41, 5.74) is 0. The lowest BCUT2D eigenvalue weighted by atomic mass is 10.4. The predicted molar refractivity (Wildman–Crippen MR) is 55.0 cm³/mol. The van der Waals surface area contributed by atoms with Crippen molar-refractivity contribution >= 4 is 21.2 Å². The Morgan fingerprint density at radius 1 is 1.13 bits per heavy atom. The second-order valence-corrected chi connectivity index (χ2v) is 4.41. The molecule has 0 aromatic carbocycles. The molecule has 0 aliphatic carbocycles. The van der Waals surface area contributed by atoms with Crippen LogP contribution < -0.4 is 0 Å². The number of hydrogen-bond donors (Lipinski definition) is 0. The van der Waals surface area contributed by atoms with E-state index in [9.17, 15) is 9.59 Å². The summed E-state index contributed by atoms with van der Waals surface area (Å²) in [5.74, 6) is -0.909. The first-order valence-electron chi connectivity index (χ1n) is 4.86. The van der Waals surface area contributed by atoms with Gasteiger partial charge in [-0.05, 0) is 6.42 Å². The van der Waals surface area contributed by atoms with Crippen LogP contribution in [-0.2, 0) is 23.2 Å². The Hall–Kier alpha value is -0.883. The first kappa shape index (κ1) is 14.1. The summed E-state index contributed by atoms with van der Waals surface area (Å²) in [5, 5.41) is 0. The van der Waals surface area contributed by atoms with E-state index < -0.39 is 21.2 Å². The van der Waals surface area contributed by atoms with Gasteiger partial charge in [0, 0.05) is 20.5 Å². The van der Waals surface area contributed by atoms with Crippen LogP contribution in [0.1, 0.15) is 33.6 Å². The van der Waals surface area contributed by atoms with Gasteiger partial charge >= 0.3 is 9.28 Å². The van der Waals surface area contributed by atoms with Crippen LogP contribution in [0.25, 0.3) is 0 Å². The fraction of sp³-hybridized carbons (Fsp3) is 0.778. The molecule has 0 N–H and O–H groups in total. The highest BCUT2D eigenvalue weighted by atomic mass is 28.3. The summed E-state index contributed by atoms with van der Waals surface area (Å²) in [7, 11) is -1.95. The molecule has 0 aromatic heterocycles. The van der Waals surface area contributed by atoms with E-state index >= 15 is 0 Å². The molecule has 87 valence electrons. The third-order valence-electron chi connectivity index (χ3n) is 1.38. The van der Waals surface area contributed by atoms with E-state index in [1.54, 1.807) is 0 Å². The highest BCUT2D eigenvalue weighted by molar-refractivity contribution is 6.48. The summed E-state index contributed by atoms with van der Waals surface area (Å²) < 4.78 is 14.9. The Labute approximate surface area is 91.5 Å². The zero-order chi connectivity index (χ0) is 11.7. The summed E-state index contributed by atoms with van der Waals surface area (Å²) in [6.45, 7) is 5.20. The van der Waals surface area contributed by atoms with Crippen LogP contribution in [0.5, 0.6) is 0 Å². The largest absolute Gasteiger partial charge is 0.564 e. The second-order valence-electron chi connectivity index (χ2n) is 2.97. The van der Waals surface area contributed by atoms with Crippen LogP contribution >= 0.6 is 0 Å². The van der Waals surface area contributed by atoms with Gasteiger partial charge in [0.05, 0.1) is 0 Å². The van der Waals surface area contributed by atoms with Crippen molar-refractivity contribution in [1.29, 1.82) is 0 Å². The van der Waals surface area contributed by atoms with Gasteiger partial charge in [-0.15, -0.1) is 0 Å². The lowest BCUT2D eigenvalue weighted by molar-refractivity contribution is -0.138. The molecule has 0 aliphatic heterocycles. The van der Waals surface area contributed by atoms with Crippen molar-refractivity contribution in [2.75, 3.05) is 12.8 Å². The Morgan fingerprint density at radius 2 is 1.67 bits per heavy atom. The van der Waals surface area contributed by atoms with Crippen molar-refractivity contribution in [1.82, 2.24) is 0 Å². The van der Waals surface area contributed by atoms with E-state index in [-0.39, 0.29) is 6.23 Å². The first-order chi connectivity index (χ1) is 7.06. The van der Waals surface area contributed by atoms with Crippen molar-refractivity contribution in [2.24, 2.45) is 0 Å². The van der Waals surface area contributed by atoms with Crippen LogP contribution in [0.15, 0.2) is 0 Å². The third-order valence-corrected chi connectivity index (χ3v) is 2.85. The number of rotatable bonds is 7. The highest BCUT2D eigenvalue weighted by Crippen LogP contribution is 1.95. The minimum atomic E-state index is -1.95. The smallest absolute Gasteiger partial charge is 0.482 e. The Kier molecular flexibility index (Phi) is 7.93. The lowest BCUT2D eigenvalue weighted by Crippen LogP contribution is -2.33. The lowest BCUT2D eigenvalue weighted by Gasteiger charge is -2.12. The molecule has 0 unspecified atom stereocenters. The molecular formula is C9H17O5Si. The van der Waals surface area contributed by atoms with Gasteiger partial charge in [-0.25, -0.2) is 0 Å². The van der Waals surface area contributed by atoms with Crippen molar-refractivity contribution in [3.8, 4) is 0 Å². The van der Waals surface area contributed by atoms with Gasteiger partial charge in [-0.3, -0.25) is 9.59 Å². The second kappa shape index (κ2) is 8.43. The number of carbonyl (C=O) groups excluding carboxylic acids is 2. The van der Waals surface area contributed by atoms with E-state index in [0.29, 0.717) is 6.61 Å². The Morgan fingerprint density at radius 3 is 2.07 bits per heavy atom. The van der Waals surface area contributed by atoms with Crippen molar-refractivity contribution in [3.63, 3.8) is 0 Å². The van der Waals surface area contributed by atoms with Gasteiger partial charge < -0.3 is 13.6 Å². The fourth-order valence-corrected chi connectivity index (χ4v) is 1.91. The molecule has 0 amide bonds. The molecule has 0 aliphatic rings. The fourth-order valence-electron chi connectivity index (χ4n) is 0.802. The maximum absolute atomic E-state index is 10.7. The molecule has 0 saturated heterocycles. The summed E-state index contributed by atoms with van der Waals surface area (Å²) in [6.07, 6.45) is 2.16. The normalized spacial score (nSPS) is 10.1. The van der Waals surface area contributed by atoms with Crippen molar-refractivity contribution in [2.45, 2.75) is 33.6 Å². The molecule has 1 radical (unpaired) electrons. The van der Waals surface area contributed by atoms with Crippen molar-refractivity contribution in [3.05, 3.63) is 0 Å². The molecule has 6 heteroatoms. The van der Waals surface area contributed by atoms with Gasteiger partial charge in [0.1, 0.15) is 6.23 Å². The highest BCUT2D eigenvalue weighted by Gasteiger charge is 2.23. The average Bonchev–Trinajstić information content (AvgIpc) is 2.10.